The number of hydrogen-bond acceptors (Lipinski definition) is 3. The summed E-state index contributed by atoms with van der Waals surface area (Å²) in [5, 5.41) is 3.48. The highest BCUT2D eigenvalue weighted by molar-refractivity contribution is 5.59. The Morgan fingerprint density at radius 2 is 2.20 bits per heavy atom. The Labute approximate surface area is 120 Å². The van der Waals surface area contributed by atoms with Crippen LogP contribution in [0.5, 0.6) is 0 Å². The van der Waals surface area contributed by atoms with Crippen molar-refractivity contribution in [2.45, 2.75) is 19.5 Å². The van der Waals surface area contributed by atoms with Crippen LogP contribution in [0.3, 0.4) is 0 Å². The second-order valence-electron chi connectivity index (χ2n) is 5.51. The molecule has 2 aromatic rings. The maximum absolute atomic E-state index is 4.43. The van der Waals surface area contributed by atoms with Crippen LogP contribution in [-0.4, -0.2) is 35.6 Å². The number of nitrogens with one attached hydrogen (secondary N) is 1. The molecule has 2 heterocycles. The van der Waals surface area contributed by atoms with Crippen LogP contribution < -0.4 is 5.32 Å². The maximum Gasteiger partial charge on any atom is 0.0702 e. The van der Waals surface area contributed by atoms with Gasteiger partial charge in [-0.05, 0) is 30.7 Å². The molecule has 1 aliphatic heterocycles. The number of pyridine rings is 1. The van der Waals surface area contributed by atoms with Gasteiger partial charge in [-0.3, -0.25) is 9.88 Å². The Hall–Kier alpha value is -1.71. The molecule has 3 nitrogen and oxygen atoms in total. The minimum atomic E-state index is 0.586. The first-order valence-corrected chi connectivity index (χ1v) is 7.27. The summed E-state index contributed by atoms with van der Waals surface area (Å²) in [5.41, 5.74) is 3.61. The van der Waals surface area contributed by atoms with Crippen LogP contribution in [-0.2, 0) is 6.54 Å². The molecule has 0 bridgehead atoms. The molecule has 0 amide bonds. The van der Waals surface area contributed by atoms with Crippen molar-refractivity contribution in [1.29, 1.82) is 0 Å². The molecule has 3 rings (SSSR count). The van der Waals surface area contributed by atoms with Crippen molar-refractivity contribution in [2.24, 2.45) is 0 Å². The zero-order valence-corrected chi connectivity index (χ0v) is 11.9. The second kappa shape index (κ2) is 6.16. The summed E-state index contributed by atoms with van der Waals surface area (Å²) in [6.45, 7) is 6.59. The van der Waals surface area contributed by atoms with Crippen LogP contribution in [0.1, 0.15) is 12.5 Å². The number of piperazine rings is 1. The molecule has 0 saturated carbocycles. The average Bonchev–Trinajstić information content (AvgIpc) is 2.48. The minimum absolute atomic E-state index is 0.586. The SMILES string of the molecule is C[C@H]1CN(Cc2cccc(-c3ccccn3)c2)CCN1. The quantitative estimate of drug-likeness (QED) is 0.926. The van der Waals surface area contributed by atoms with E-state index < -0.39 is 0 Å². The third-order valence-electron chi connectivity index (χ3n) is 3.75. The summed E-state index contributed by atoms with van der Waals surface area (Å²) >= 11 is 0. The lowest BCUT2D eigenvalue weighted by Crippen LogP contribution is -2.48. The fraction of sp³-hybridized carbons (Fsp3) is 0.353. The molecule has 20 heavy (non-hydrogen) atoms. The van der Waals surface area contributed by atoms with Crippen LogP contribution in [0.4, 0.5) is 0 Å². The zero-order valence-electron chi connectivity index (χ0n) is 11.9. The first-order valence-electron chi connectivity index (χ1n) is 7.27. The second-order valence-corrected chi connectivity index (χ2v) is 5.51. The maximum atomic E-state index is 4.43. The van der Waals surface area contributed by atoms with Gasteiger partial charge in [0.15, 0.2) is 0 Å². The molecule has 104 valence electrons. The van der Waals surface area contributed by atoms with E-state index in [4.69, 9.17) is 0 Å². The summed E-state index contributed by atoms with van der Waals surface area (Å²) in [5.74, 6) is 0. The van der Waals surface area contributed by atoms with Crippen molar-refractivity contribution in [3.8, 4) is 11.3 Å². The van der Waals surface area contributed by atoms with Gasteiger partial charge < -0.3 is 5.32 Å². The highest BCUT2D eigenvalue weighted by Gasteiger charge is 2.15. The van der Waals surface area contributed by atoms with Crippen molar-refractivity contribution in [2.75, 3.05) is 19.6 Å². The molecule has 1 aromatic heterocycles. The Morgan fingerprint density at radius 3 is 3.00 bits per heavy atom. The normalized spacial score (nSPS) is 19.9. The van der Waals surface area contributed by atoms with E-state index in [1.54, 1.807) is 0 Å². The molecule has 1 N–H and O–H groups in total. The summed E-state index contributed by atoms with van der Waals surface area (Å²) < 4.78 is 0. The molecule has 1 fully saturated rings. The van der Waals surface area contributed by atoms with Crippen LogP contribution in [0.2, 0.25) is 0 Å². The van der Waals surface area contributed by atoms with Gasteiger partial charge in [0.25, 0.3) is 0 Å². The van der Waals surface area contributed by atoms with Crippen molar-refractivity contribution in [3.63, 3.8) is 0 Å². The van der Waals surface area contributed by atoms with Gasteiger partial charge in [-0.2, -0.15) is 0 Å². The third kappa shape index (κ3) is 3.24. The van der Waals surface area contributed by atoms with Gasteiger partial charge in [-0.15, -0.1) is 0 Å². The number of benzene rings is 1. The van der Waals surface area contributed by atoms with Gasteiger partial charge in [0, 0.05) is 44.0 Å². The van der Waals surface area contributed by atoms with Gasteiger partial charge in [-0.25, -0.2) is 0 Å². The van der Waals surface area contributed by atoms with Crippen molar-refractivity contribution < 1.29 is 0 Å². The molecule has 0 spiro atoms. The Bertz CT molecular complexity index is 553. The molecule has 1 atom stereocenters. The summed E-state index contributed by atoms with van der Waals surface area (Å²) in [6.07, 6.45) is 1.85. The van der Waals surface area contributed by atoms with E-state index in [9.17, 15) is 0 Å². The van der Waals surface area contributed by atoms with E-state index >= 15 is 0 Å². The molecule has 0 unspecified atom stereocenters. The predicted octanol–water partition coefficient (Wildman–Crippen LogP) is 2.54. The highest BCUT2D eigenvalue weighted by Crippen LogP contribution is 2.19. The molecule has 1 aliphatic rings. The molecule has 1 saturated heterocycles. The largest absolute Gasteiger partial charge is 0.312 e. The molecular formula is C17H21N3. The lowest BCUT2D eigenvalue weighted by molar-refractivity contribution is 0.199. The standard InChI is InChI=1S/C17H21N3/c1-14-12-20(10-9-18-14)13-15-5-4-6-16(11-15)17-7-2-3-8-19-17/h2-8,11,14,18H,9-10,12-13H2,1H3/t14-/m0/s1. The fourth-order valence-electron chi connectivity index (χ4n) is 2.78. The molecule has 0 radical (unpaired) electrons. The van der Waals surface area contributed by atoms with Gasteiger partial charge in [0.2, 0.25) is 0 Å². The molecular weight excluding hydrogens is 246 g/mol. The number of rotatable bonds is 3. The highest BCUT2D eigenvalue weighted by atomic mass is 15.2. The predicted molar refractivity (Wildman–Crippen MR) is 82.4 cm³/mol. The smallest absolute Gasteiger partial charge is 0.0702 e. The number of nitrogens with zero attached hydrogens (tertiary/aromatic N) is 2. The first-order chi connectivity index (χ1) is 9.81. The number of hydrogen-bond donors (Lipinski definition) is 1. The first kappa shape index (κ1) is 13.3. The molecule has 3 heteroatoms. The topological polar surface area (TPSA) is 28.2 Å². The van der Waals surface area contributed by atoms with Crippen LogP contribution in [0.25, 0.3) is 11.3 Å². The van der Waals surface area contributed by atoms with E-state index in [2.05, 4.69) is 52.5 Å². The number of aromatic nitrogens is 1. The van der Waals surface area contributed by atoms with E-state index in [1.165, 1.54) is 11.1 Å². The van der Waals surface area contributed by atoms with Crippen molar-refractivity contribution in [3.05, 3.63) is 54.2 Å². The third-order valence-corrected chi connectivity index (χ3v) is 3.75. The zero-order chi connectivity index (χ0) is 13.8. The van der Waals surface area contributed by atoms with E-state index in [0.717, 1.165) is 31.9 Å². The monoisotopic (exact) mass is 267 g/mol. The van der Waals surface area contributed by atoms with Gasteiger partial charge in [-0.1, -0.05) is 24.3 Å². The Balaban J connectivity index is 1.74. The summed E-state index contributed by atoms with van der Waals surface area (Å²) in [4.78, 5) is 6.94. The van der Waals surface area contributed by atoms with Crippen LogP contribution in [0.15, 0.2) is 48.7 Å². The summed E-state index contributed by atoms with van der Waals surface area (Å²) in [6, 6.07) is 15.4. The Morgan fingerprint density at radius 1 is 1.25 bits per heavy atom. The van der Waals surface area contributed by atoms with E-state index in [0.29, 0.717) is 6.04 Å². The van der Waals surface area contributed by atoms with E-state index in [1.807, 2.05) is 18.3 Å². The fourth-order valence-corrected chi connectivity index (χ4v) is 2.78. The van der Waals surface area contributed by atoms with Gasteiger partial charge in [0.05, 0.1) is 5.69 Å². The minimum Gasteiger partial charge on any atom is -0.312 e. The van der Waals surface area contributed by atoms with Gasteiger partial charge >= 0.3 is 0 Å². The lowest BCUT2D eigenvalue weighted by atomic mass is 10.1. The van der Waals surface area contributed by atoms with Gasteiger partial charge in [0.1, 0.15) is 0 Å². The van der Waals surface area contributed by atoms with Crippen molar-refractivity contribution in [1.82, 2.24) is 15.2 Å². The van der Waals surface area contributed by atoms with Crippen LogP contribution in [0, 0.1) is 0 Å². The van der Waals surface area contributed by atoms with Crippen LogP contribution >= 0.6 is 0 Å². The van der Waals surface area contributed by atoms with Crippen molar-refractivity contribution >= 4 is 0 Å². The Kier molecular flexibility index (Phi) is 4.09. The average molecular weight is 267 g/mol. The summed E-state index contributed by atoms with van der Waals surface area (Å²) in [7, 11) is 0. The van der Waals surface area contributed by atoms with E-state index in [-0.39, 0.29) is 0 Å². The lowest BCUT2D eigenvalue weighted by Gasteiger charge is -2.31. The molecule has 0 aliphatic carbocycles. The molecule has 1 aromatic carbocycles.